The number of anilines is 1. The predicted molar refractivity (Wildman–Crippen MR) is 127 cm³/mol. The van der Waals surface area contributed by atoms with E-state index in [9.17, 15) is 4.79 Å². The fraction of sp³-hybridized carbons (Fsp3) is 0.500. The molecule has 1 aromatic heterocycles. The van der Waals surface area contributed by atoms with Crippen LogP contribution in [0.15, 0.2) is 39.1 Å². The number of halogens is 1. The number of carbonyl (C=O) groups excluding carboxylic acids is 1. The molecule has 7 nitrogen and oxygen atoms in total. The van der Waals surface area contributed by atoms with Crippen LogP contribution >= 0.6 is 27.7 Å². The molecule has 0 aliphatic carbocycles. The standard InChI is InChI=1S/C22H29BrN4O3S/c1-5-7-8-9-12-31-22-25-21-24-14(3)18(20(28)30-6-2)19(27(21)26-22)15-10-11-17(29-4)16(23)13-15/h10-11,13,19H,5-9,12H2,1-4H3,(H,24,25,26)/t19-/m0/s1. The van der Waals surface area contributed by atoms with Crippen LogP contribution in [0.25, 0.3) is 0 Å². The number of fused-ring (bicyclic) bond motifs is 1. The maximum Gasteiger partial charge on any atom is 0.338 e. The first kappa shape index (κ1) is 23.7. The monoisotopic (exact) mass is 508 g/mol. The fourth-order valence-electron chi connectivity index (χ4n) is 3.52. The number of allylic oxidation sites excluding steroid dienone is 1. The molecular weight excluding hydrogens is 480 g/mol. The van der Waals surface area contributed by atoms with E-state index in [1.807, 2.05) is 25.1 Å². The van der Waals surface area contributed by atoms with Crippen molar-refractivity contribution in [2.24, 2.45) is 0 Å². The summed E-state index contributed by atoms with van der Waals surface area (Å²) in [6.45, 7) is 6.18. The van der Waals surface area contributed by atoms with Crippen LogP contribution in [-0.4, -0.2) is 40.2 Å². The zero-order valence-corrected chi connectivity index (χ0v) is 20.8. The molecule has 2 heterocycles. The van der Waals surface area contributed by atoms with E-state index in [0.717, 1.165) is 33.7 Å². The Labute approximate surface area is 196 Å². The van der Waals surface area contributed by atoms with E-state index < -0.39 is 6.04 Å². The van der Waals surface area contributed by atoms with E-state index in [1.54, 1.807) is 30.5 Å². The molecule has 0 saturated carbocycles. The van der Waals surface area contributed by atoms with E-state index in [2.05, 4.69) is 33.2 Å². The van der Waals surface area contributed by atoms with Gasteiger partial charge in [0.05, 0.1) is 23.8 Å². The number of unbranched alkanes of at least 4 members (excludes halogenated alkanes) is 3. The number of ether oxygens (including phenoxy) is 2. The van der Waals surface area contributed by atoms with Gasteiger partial charge >= 0.3 is 5.97 Å². The summed E-state index contributed by atoms with van der Waals surface area (Å²) in [5.74, 6) is 1.95. The van der Waals surface area contributed by atoms with Gasteiger partial charge in [-0.3, -0.25) is 0 Å². The quantitative estimate of drug-likeness (QED) is 0.255. The Morgan fingerprint density at radius 1 is 1.29 bits per heavy atom. The van der Waals surface area contributed by atoms with Crippen LogP contribution in [0, 0.1) is 0 Å². The Balaban J connectivity index is 1.96. The summed E-state index contributed by atoms with van der Waals surface area (Å²) in [6, 6.07) is 5.32. The average molecular weight is 509 g/mol. The van der Waals surface area contributed by atoms with Crippen LogP contribution < -0.4 is 10.1 Å². The SMILES string of the molecule is CCCCCCSc1nc2n(n1)[C@@H](c1ccc(OC)c(Br)c1)C(C(=O)OCC)=C(C)N2. The number of benzene rings is 1. The van der Waals surface area contributed by atoms with Crippen molar-refractivity contribution in [3.8, 4) is 5.75 Å². The number of rotatable bonds is 10. The highest BCUT2D eigenvalue weighted by Gasteiger charge is 2.35. The number of aromatic nitrogens is 3. The highest BCUT2D eigenvalue weighted by molar-refractivity contribution is 9.10. The van der Waals surface area contributed by atoms with Gasteiger partial charge in [0.15, 0.2) is 0 Å². The second-order valence-electron chi connectivity index (χ2n) is 7.25. The van der Waals surface area contributed by atoms with Crippen molar-refractivity contribution in [2.45, 2.75) is 57.7 Å². The maximum atomic E-state index is 12.9. The molecule has 1 aliphatic rings. The summed E-state index contributed by atoms with van der Waals surface area (Å²) in [6.07, 6.45) is 4.81. The van der Waals surface area contributed by atoms with Crippen LogP contribution in [-0.2, 0) is 9.53 Å². The fourth-order valence-corrected chi connectivity index (χ4v) is 4.91. The lowest BCUT2D eigenvalue weighted by Gasteiger charge is -2.28. The zero-order chi connectivity index (χ0) is 22.4. The Kier molecular flexibility index (Phi) is 8.43. The van der Waals surface area contributed by atoms with E-state index in [4.69, 9.17) is 14.6 Å². The molecule has 1 aromatic carbocycles. The summed E-state index contributed by atoms with van der Waals surface area (Å²) in [7, 11) is 1.62. The minimum Gasteiger partial charge on any atom is -0.496 e. The highest BCUT2D eigenvalue weighted by Crippen LogP contribution is 2.39. The van der Waals surface area contributed by atoms with Crippen LogP contribution in [0.4, 0.5) is 5.95 Å². The molecule has 0 amide bonds. The Bertz CT molecular complexity index is 960. The van der Waals surface area contributed by atoms with Crippen molar-refractivity contribution in [2.75, 3.05) is 24.8 Å². The number of carbonyl (C=O) groups is 1. The maximum absolute atomic E-state index is 12.9. The molecule has 3 rings (SSSR count). The number of thioether (sulfide) groups is 1. The third kappa shape index (κ3) is 5.44. The van der Waals surface area contributed by atoms with Crippen LogP contribution in [0.1, 0.15) is 58.1 Å². The van der Waals surface area contributed by atoms with Gasteiger partial charge in [0, 0.05) is 11.4 Å². The summed E-state index contributed by atoms with van der Waals surface area (Å²) in [5, 5.41) is 8.68. The Hall–Kier alpha value is -2.00. The smallest absolute Gasteiger partial charge is 0.338 e. The van der Waals surface area contributed by atoms with Crippen molar-refractivity contribution in [1.82, 2.24) is 14.8 Å². The third-order valence-electron chi connectivity index (χ3n) is 5.05. The van der Waals surface area contributed by atoms with Gasteiger partial charge in [-0.05, 0) is 53.9 Å². The van der Waals surface area contributed by atoms with Gasteiger partial charge in [-0.25, -0.2) is 9.48 Å². The number of nitrogens with zero attached hydrogens (tertiary/aromatic N) is 3. The Morgan fingerprint density at radius 3 is 2.77 bits per heavy atom. The van der Waals surface area contributed by atoms with Crippen LogP contribution in [0.5, 0.6) is 5.75 Å². The lowest BCUT2D eigenvalue weighted by Crippen LogP contribution is -2.29. The molecule has 0 saturated heterocycles. The lowest BCUT2D eigenvalue weighted by molar-refractivity contribution is -0.139. The number of methoxy groups -OCH3 is 1. The van der Waals surface area contributed by atoms with E-state index in [1.165, 1.54) is 19.3 Å². The number of nitrogens with one attached hydrogen (secondary N) is 1. The van der Waals surface area contributed by atoms with E-state index in [0.29, 0.717) is 23.3 Å². The van der Waals surface area contributed by atoms with Crippen molar-refractivity contribution >= 4 is 39.6 Å². The summed E-state index contributed by atoms with van der Waals surface area (Å²) in [5.41, 5.74) is 2.13. The van der Waals surface area contributed by atoms with Gasteiger partial charge in [0.2, 0.25) is 11.1 Å². The first-order chi connectivity index (χ1) is 15.0. The van der Waals surface area contributed by atoms with Gasteiger partial charge in [0.25, 0.3) is 0 Å². The molecule has 0 bridgehead atoms. The first-order valence-corrected chi connectivity index (χ1v) is 12.4. The second-order valence-corrected chi connectivity index (χ2v) is 9.17. The second kappa shape index (κ2) is 11.0. The molecule has 2 aromatic rings. The average Bonchev–Trinajstić information content (AvgIpc) is 3.14. The van der Waals surface area contributed by atoms with Gasteiger partial charge in [-0.1, -0.05) is 44.0 Å². The van der Waals surface area contributed by atoms with Crippen molar-refractivity contribution < 1.29 is 14.3 Å². The summed E-state index contributed by atoms with van der Waals surface area (Å²) in [4.78, 5) is 17.5. The number of hydrogen-bond donors (Lipinski definition) is 1. The molecule has 0 unspecified atom stereocenters. The molecule has 0 spiro atoms. The summed E-state index contributed by atoms with van der Waals surface area (Å²) < 4.78 is 13.3. The topological polar surface area (TPSA) is 78.3 Å². The van der Waals surface area contributed by atoms with Gasteiger partial charge in [-0.15, -0.1) is 5.10 Å². The highest BCUT2D eigenvalue weighted by atomic mass is 79.9. The molecule has 168 valence electrons. The minimum atomic E-state index is -0.445. The van der Waals surface area contributed by atoms with E-state index in [-0.39, 0.29) is 5.97 Å². The number of hydrogen-bond acceptors (Lipinski definition) is 7. The molecule has 1 atom stereocenters. The summed E-state index contributed by atoms with van der Waals surface area (Å²) >= 11 is 5.20. The predicted octanol–water partition coefficient (Wildman–Crippen LogP) is 5.57. The Morgan fingerprint density at radius 2 is 2.10 bits per heavy atom. The molecule has 1 N–H and O–H groups in total. The largest absolute Gasteiger partial charge is 0.496 e. The molecule has 0 radical (unpaired) electrons. The van der Waals surface area contributed by atoms with Crippen molar-refractivity contribution in [1.29, 1.82) is 0 Å². The van der Waals surface area contributed by atoms with Crippen LogP contribution in [0.3, 0.4) is 0 Å². The lowest BCUT2D eigenvalue weighted by atomic mass is 9.96. The normalized spacial score (nSPS) is 15.5. The van der Waals surface area contributed by atoms with Crippen molar-refractivity contribution in [3.05, 3.63) is 39.5 Å². The van der Waals surface area contributed by atoms with Gasteiger partial charge in [0.1, 0.15) is 11.8 Å². The molecule has 1 aliphatic heterocycles. The number of esters is 1. The van der Waals surface area contributed by atoms with Crippen LogP contribution in [0.2, 0.25) is 0 Å². The molecule has 0 fully saturated rings. The third-order valence-corrected chi connectivity index (χ3v) is 6.59. The molecular formula is C22H29BrN4O3S. The molecule has 9 heteroatoms. The van der Waals surface area contributed by atoms with Gasteiger partial charge in [-0.2, -0.15) is 4.98 Å². The van der Waals surface area contributed by atoms with E-state index >= 15 is 0 Å². The van der Waals surface area contributed by atoms with Crippen molar-refractivity contribution in [3.63, 3.8) is 0 Å². The first-order valence-electron chi connectivity index (χ1n) is 10.6. The zero-order valence-electron chi connectivity index (χ0n) is 18.4. The molecule has 31 heavy (non-hydrogen) atoms. The minimum absolute atomic E-state index is 0.303. The van der Waals surface area contributed by atoms with Gasteiger partial charge < -0.3 is 14.8 Å².